The summed E-state index contributed by atoms with van der Waals surface area (Å²) < 4.78 is 27.1. The van der Waals surface area contributed by atoms with E-state index in [0.717, 1.165) is 0 Å². The van der Waals surface area contributed by atoms with Crippen LogP contribution in [0.2, 0.25) is 0 Å². The van der Waals surface area contributed by atoms with Gasteiger partial charge >= 0.3 is 0 Å². The van der Waals surface area contributed by atoms with Crippen molar-refractivity contribution in [3.63, 3.8) is 0 Å². The van der Waals surface area contributed by atoms with E-state index in [1.807, 2.05) is 0 Å². The van der Waals surface area contributed by atoms with Gasteiger partial charge in [0.05, 0.1) is 19.8 Å². The number of rotatable bonds is 16. The summed E-state index contributed by atoms with van der Waals surface area (Å²) in [7, 11) is 0. The second-order valence-electron chi connectivity index (χ2n) is 11.7. The van der Waals surface area contributed by atoms with Crippen molar-refractivity contribution < 1.29 is 89.4 Å². The molecule has 3 fully saturated rings. The minimum Gasteiger partial charge on any atom is -0.394 e. The van der Waals surface area contributed by atoms with E-state index in [2.05, 4.69) is 17.8 Å². The lowest BCUT2D eigenvalue weighted by Gasteiger charge is -2.45. The molecule has 0 radical (unpaired) electrons. The molecule has 19 nitrogen and oxygen atoms in total. The molecule has 3 saturated heterocycles. The van der Waals surface area contributed by atoms with Crippen LogP contribution in [0.5, 0.6) is 0 Å². The summed E-state index contributed by atoms with van der Waals surface area (Å²) >= 11 is 0. The fourth-order valence-corrected chi connectivity index (χ4v) is 5.41. The topological polar surface area (TPSA) is 315 Å². The number of ketones is 1. The van der Waals surface area contributed by atoms with Gasteiger partial charge in [-0.3, -0.25) is 9.59 Å². The molecule has 274 valence electrons. The molecule has 48 heavy (non-hydrogen) atoms. The van der Waals surface area contributed by atoms with E-state index in [1.54, 1.807) is 0 Å². The minimum atomic E-state index is -2.44. The molecule has 1 amide bonds. The average Bonchev–Trinajstić information content (AvgIpc) is 3.32. The first-order valence-electron chi connectivity index (χ1n) is 15.2. The highest BCUT2D eigenvalue weighted by Crippen LogP contribution is 2.36. The maximum atomic E-state index is 12.6. The molecule has 0 saturated carbocycles. The Hall–Kier alpha value is -2.20. The molecule has 0 aliphatic carbocycles. The first-order valence-corrected chi connectivity index (χ1v) is 15.2. The van der Waals surface area contributed by atoms with Crippen molar-refractivity contribution >= 4 is 11.7 Å². The standard InChI is InChI=1S/C29H45NO18/c1-3-8-30-16(34)7-5-4-6-13(33)12(2)17(35)25-22(40)21(39)23(41)27(46-25)44-10-15-18(36)20(38)24(42)28(45-15)48-29(11-32)26(43)19(37)14(9-31)47-29/h1,14-15,17-28,31-32,35-43H,2,4-11H2,(H,30,34)/t14-,15-,17?,18-,19-,20+,21+,22-,23-,24-,25-,26+,27+,28-,29+/m1/s1. The van der Waals surface area contributed by atoms with Crippen molar-refractivity contribution in [2.24, 2.45) is 0 Å². The van der Waals surface area contributed by atoms with Crippen LogP contribution in [0, 0.1) is 12.3 Å². The monoisotopic (exact) mass is 695 g/mol. The van der Waals surface area contributed by atoms with Crippen LogP contribution >= 0.6 is 0 Å². The Morgan fingerprint density at radius 1 is 0.854 bits per heavy atom. The van der Waals surface area contributed by atoms with Crippen molar-refractivity contribution in [1.29, 1.82) is 0 Å². The van der Waals surface area contributed by atoms with E-state index >= 15 is 0 Å². The number of terminal acetylenes is 1. The van der Waals surface area contributed by atoms with Gasteiger partial charge in [-0.05, 0) is 12.8 Å². The molecule has 0 bridgehead atoms. The molecule has 12 N–H and O–H groups in total. The van der Waals surface area contributed by atoms with Crippen LogP contribution in [-0.2, 0) is 33.3 Å². The van der Waals surface area contributed by atoms with E-state index in [9.17, 15) is 65.8 Å². The molecule has 0 aromatic carbocycles. The number of hydrogen-bond donors (Lipinski definition) is 12. The molecule has 3 aliphatic rings. The third-order valence-corrected chi connectivity index (χ3v) is 8.39. The SMILES string of the molecule is C#CCNC(=O)CCCCC(=O)C(=C)C(O)[C@H]1O[C@H](OC[C@H]2O[C@H](O[C@]3(CO)O[C@H](CO)[C@@H](O)[C@@H]3O)[C@H](O)[C@@H](O)[C@@H]2O)[C@H](O)[C@@H](O)[C@H]1O. The van der Waals surface area contributed by atoms with Crippen molar-refractivity contribution in [2.45, 2.75) is 117 Å². The highest BCUT2D eigenvalue weighted by Gasteiger charge is 2.58. The molecule has 0 aromatic heterocycles. The lowest BCUT2D eigenvalue weighted by molar-refractivity contribution is -0.388. The van der Waals surface area contributed by atoms with Crippen molar-refractivity contribution in [2.75, 3.05) is 26.4 Å². The quantitative estimate of drug-likeness (QED) is 0.0405. The summed E-state index contributed by atoms with van der Waals surface area (Å²) in [4.78, 5) is 24.3. The van der Waals surface area contributed by atoms with Crippen molar-refractivity contribution in [3.8, 4) is 12.3 Å². The predicted octanol–water partition coefficient (Wildman–Crippen LogP) is -6.77. The van der Waals surface area contributed by atoms with Crippen molar-refractivity contribution in [3.05, 3.63) is 12.2 Å². The van der Waals surface area contributed by atoms with Gasteiger partial charge in [-0.15, -0.1) is 6.42 Å². The lowest BCUT2D eigenvalue weighted by Crippen LogP contribution is -2.64. The van der Waals surface area contributed by atoms with Gasteiger partial charge in [0.2, 0.25) is 11.7 Å². The third-order valence-electron chi connectivity index (χ3n) is 8.39. The van der Waals surface area contributed by atoms with Crippen LogP contribution in [0.4, 0.5) is 0 Å². The third kappa shape index (κ3) is 8.93. The normalized spacial score (nSPS) is 40.6. The van der Waals surface area contributed by atoms with E-state index < -0.39 is 123 Å². The molecule has 0 aromatic rings. The predicted molar refractivity (Wildman–Crippen MR) is 155 cm³/mol. The number of nitrogens with one attached hydrogen (secondary N) is 1. The Morgan fingerprint density at radius 3 is 2.08 bits per heavy atom. The van der Waals surface area contributed by atoms with Gasteiger partial charge in [-0.2, -0.15) is 0 Å². The van der Waals surface area contributed by atoms with Crippen LogP contribution in [-0.4, -0.2) is 186 Å². The molecule has 19 heteroatoms. The number of unbranched alkanes of at least 4 members (excludes halogenated alkanes) is 1. The summed E-state index contributed by atoms with van der Waals surface area (Å²) in [5.74, 6) is -1.11. The Bertz CT molecular complexity index is 1140. The maximum absolute atomic E-state index is 12.6. The smallest absolute Gasteiger partial charge is 0.224 e. The number of aliphatic hydroxyl groups is 11. The molecule has 3 rings (SSSR count). The molecule has 15 atom stereocenters. The van der Waals surface area contributed by atoms with Gasteiger partial charge < -0.3 is 85.2 Å². The van der Waals surface area contributed by atoms with E-state index in [-0.39, 0.29) is 31.7 Å². The van der Waals surface area contributed by atoms with Crippen LogP contribution in [0.15, 0.2) is 12.2 Å². The molecular weight excluding hydrogens is 650 g/mol. The zero-order valence-corrected chi connectivity index (χ0v) is 25.8. The van der Waals surface area contributed by atoms with Gasteiger partial charge in [-0.1, -0.05) is 12.5 Å². The number of aliphatic hydroxyl groups excluding tert-OH is 11. The van der Waals surface area contributed by atoms with Gasteiger partial charge in [0.15, 0.2) is 18.4 Å². The highest BCUT2D eigenvalue weighted by molar-refractivity contribution is 5.95. The summed E-state index contributed by atoms with van der Waals surface area (Å²) in [6.07, 6.45) is -20.2. The number of amides is 1. The summed E-state index contributed by atoms with van der Waals surface area (Å²) in [5, 5.41) is 116. The fourth-order valence-electron chi connectivity index (χ4n) is 5.41. The van der Waals surface area contributed by atoms with Crippen LogP contribution < -0.4 is 5.32 Å². The zero-order valence-electron chi connectivity index (χ0n) is 25.8. The van der Waals surface area contributed by atoms with E-state index in [4.69, 9.17) is 30.1 Å². The number of carbonyl (C=O) groups is 2. The van der Waals surface area contributed by atoms with Gasteiger partial charge in [0.25, 0.3) is 0 Å². The zero-order chi connectivity index (χ0) is 35.9. The Kier molecular flexibility index (Phi) is 14.8. The van der Waals surface area contributed by atoms with Crippen LogP contribution in [0.25, 0.3) is 0 Å². The summed E-state index contributed by atoms with van der Waals surface area (Å²) in [5.41, 5.74) is -0.399. The minimum absolute atomic E-state index is 0.0634. The molecule has 3 heterocycles. The highest BCUT2D eigenvalue weighted by atomic mass is 16.8. The van der Waals surface area contributed by atoms with Crippen molar-refractivity contribution in [1.82, 2.24) is 5.32 Å². The second-order valence-corrected chi connectivity index (χ2v) is 11.7. The average molecular weight is 696 g/mol. The Morgan fingerprint density at radius 2 is 1.48 bits per heavy atom. The Labute approximate surface area is 274 Å². The van der Waals surface area contributed by atoms with E-state index in [0.29, 0.717) is 6.42 Å². The van der Waals surface area contributed by atoms with Gasteiger partial charge in [0.1, 0.15) is 79.9 Å². The van der Waals surface area contributed by atoms with Gasteiger partial charge in [-0.25, -0.2) is 0 Å². The first-order chi connectivity index (χ1) is 22.6. The number of carbonyl (C=O) groups excluding carboxylic acids is 2. The fraction of sp³-hybridized carbons (Fsp3) is 0.793. The number of ether oxygens (including phenoxy) is 5. The molecule has 3 aliphatic heterocycles. The maximum Gasteiger partial charge on any atom is 0.224 e. The number of Topliss-reactive ketones (excluding diaryl/α,β-unsaturated/α-hetero) is 1. The molecule has 1 unspecified atom stereocenters. The van der Waals surface area contributed by atoms with Crippen LogP contribution in [0.3, 0.4) is 0 Å². The summed E-state index contributed by atoms with van der Waals surface area (Å²) in [6, 6.07) is 0. The van der Waals surface area contributed by atoms with Crippen LogP contribution in [0.1, 0.15) is 25.7 Å². The number of hydrogen-bond acceptors (Lipinski definition) is 18. The first kappa shape index (κ1) is 40.2. The molecule has 0 spiro atoms. The second kappa shape index (κ2) is 17.6. The van der Waals surface area contributed by atoms with E-state index in [1.165, 1.54) is 0 Å². The largest absolute Gasteiger partial charge is 0.394 e. The molecular formula is C29H45NO18. The van der Waals surface area contributed by atoms with Gasteiger partial charge in [0, 0.05) is 18.4 Å². The lowest BCUT2D eigenvalue weighted by atomic mass is 9.90. The Balaban J connectivity index is 1.62. The summed E-state index contributed by atoms with van der Waals surface area (Å²) in [6.45, 7) is 0.935.